The van der Waals surface area contributed by atoms with Gasteiger partial charge in [0.05, 0.1) is 29.1 Å². The van der Waals surface area contributed by atoms with Crippen LogP contribution in [-0.4, -0.2) is 72.3 Å². The van der Waals surface area contributed by atoms with Gasteiger partial charge < -0.3 is 25.4 Å². The smallest absolute Gasteiger partial charge is 0.259 e. The van der Waals surface area contributed by atoms with Crippen LogP contribution >= 0.6 is 11.3 Å². The number of rotatable bonds is 8. The Hall–Kier alpha value is -3.49. The zero-order valence-electron chi connectivity index (χ0n) is 29.8. The van der Waals surface area contributed by atoms with E-state index in [9.17, 15) is 18.0 Å². The summed E-state index contributed by atoms with van der Waals surface area (Å²) in [4.78, 5) is 37.2. The van der Waals surface area contributed by atoms with Crippen LogP contribution in [-0.2, 0) is 19.6 Å². The molecule has 1 spiro atoms. The number of fused-ring (bicyclic) bond motifs is 2. The van der Waals surface area contributed by atoms with E-state index in [0.29, 0.717) is 61.4 Å². The number of sulfonamides is 1. The van der Waals surface area contributed by atoms with E-state index in [2.05, 4.69) is 34.5 Å². The highest BCUT2D eigenvalue weighted by atomic mass is 32.2. The molecule has 276 valence electrons. The van der Waals surface area contributed by atoms with Gasteiger partial charge in [0, 0.05) is 41.9 Å². The summed E-state index contributed by atoms with van der Waals surface area (Å²) in [6.45, 7) is 4.55. The zero-order valence-corrected chi connectivity index (χ0v) is 31.4. The highest BCUT2D eigenvalue weighted by Crippen LogP contribution is 2.50. The molecule has 2 saturated heterocycles. The molecule has 1 aromatic carbocycles. The number of methoxy groups -OCH3 is 1. The molecule has 0 unspecified atom stereocenters. The maximum atomic E-state index is 13.8. The second-order valence-corrected chi connectivity index (χ2v) is 18.1. The molecule has 2 saturated carbocycles. The third-order valence-electron chi connectivity index (χ3n) is 11.0. The number of carbonyl (C=O) groups excluding carboxylic acids is 2. The van der Waals surface area contributed by atoms with Gasteiger partial charge >= 0.3 is 0 Å². The second kappa shape index (κ2) is 14.5. The molecule has 2 aliphatic heterocycles. The molecule has 3 aromatic rings. The Labute approximate surface area is 304 Å². The number of ether oxygens (including phenoxy) is 2. The van der Waals surface area contributed by atoms with Gasteiger partial charge in [0.15, 0.2) is 5.13 Å². The van der Waals surface area contributed by atoms with Gasteiger partial charge in [0.2, 0.25) is 15.9 Å². The van der Waals surface area contributed by atoms with Crippen LogP contribution in [0.3, 0.4) is 0 Å². The number of nitrogens with zero attached hydrogens (tertiary/aromatic N) is 2. The molecule has 4 fully saturated rings. The van der Waals surface area contributed by atoms with Gasteiger partial charge in [0.1, 0.15) is 28.8 Å². The summed E-state index contributed by atoms with van der Waals surface area (Å²) in [5.74, 6) is 0.303. The number of pyridine rings is 1. The number of hydrogen-bond acceptors (Lipinski definition) is 11. The van der Waals surface area contributed by atoms with E-state index in [1.807, 2.05) is 29.6 Å². The molecule has 2 aromatic heterocycles. The molecule has 4 heterocycles. The number of nitrogens with one attached hydrogen (secondary N) is 4. The Balaban J connectivity index is 1.06. The molecule has 4 aliphatic rings. The van der Waals surface area contributed by atoms with Crippen molar-refractivity contribution < 1.29 is 27.5 Å². The molecule has 14 heteroatoms. The van der Waals surface area contributed by atoms with Crippen LogP contribution in [0.2, 0.25) is 0 Å². The normalized spacial score (nSPS) is 27.5. The van der Waals surface area contributed by atoms with Gasteiger partial charge in [0.25, 0.3) is 5.91 Å². The Morgan fingerprint density at radius 3 is 2.53 bits per heavy atom. The van der Waals surface area contributed by atoms with E-state index >= 15 is 0 Å². The van der Waals surface area contributed by atoms with Crippen LogP contribution in [0.1, 0.15) is 97.3 Å². The van der Waals surface area contributed by atoms with E-state index in [0.717, 1.165) is 67.6 Å². The van der Waals surface area contributed by atoms with Gasteiger partial charge in [-0.1, -0.05) is 44.9 Å². The average molecular weight is 739 g/mol. The molecule has 51 heavy (non-hydrogen) atoms. The van der Waals surface area contributed by atoms with Crippen molar-refractivity contribution in [2.75, 3.05) is 19.0 Å². The van der Waals surface area contributed by atoms with Crippen molar-refractivity contribution in [2.24, 2.45) is 5.92 Å². The fraction of sp³-hybridized carbons (Fsp3) is 0.622. The molecule has 0 radical (unpaired) electrons. The second-order valence-electron chi connectivity index (χ2n) is 15.2. The molecule has 12 nitrogen and oxygen atoms in total. The maximum Gasteiger partial charge on any atom is 0.259 e. The molecular formula is C37H50N6O6S2. The number of hydrogen-bond donors (Lipinski definition) is 4. The SMILES string of the molecule is COc1ccc2c(O[C@H]3CN[C@H](C(=O)N[C@]45C[C@H]4CCCCCCCCCC4(CC4)S(=O)(=O)NC5=O)C3)cc(-c3csc(NC(C)C)n3)nc2c1. The molecule has 4 N–H and O–H groups in total. The van der Waals surface area contributed by atoms with Crippen LogP contribution in [0.15, 0.2) is 29.6 Å². The van der Waals surface area contributed by atoms with Gasteiger partial charge in [-0.25, -0.2) is 18.4 Å². The monoisotopic (exact) mass is 738 g/mol. The predicted octanol–water partition coefficient (Wildman–Crippen LogP) is 5.67. The van der Waals surface area contributed by atoms with Crippen molar-refractivity contribution in [3.63, 3.8) is 0 Å². The Kier molecular flexibility index (Phi) is 10.2. The fourth-order valence-corrected chi connectivity index (χ4v) is 10.3. The summed E-state index contributed by atoms with van der Waals surface area (Å²) in [6, 6.07) is 7.18. The van der Waals surface area contributed by atoms with Crippen LogP contribution in [0.5, 0.6) is 11.5 Å². The highest BCUT2D eigenvalue weighted by molar-refractivity contribution is 7.91. The third-order valence-corrected chi connectivity index (χ3v) is 14.0. The van der Waals surface area contributed by atoms with Crippen LogP contribution in [0.25, 0.3) is 22.3 Å². The fourth-order valence-electron chi connectivity index (χ4n) is 7.72. The summed E-state index contributed by atoms with van der Waals surface area (Å²) < 4.78 is 40.6. The summed E-state index contributed by atoms with van der Waals surface area (Å²) in [7, 11) is -2.24. The van der Waals surface area contributed by atoms with Crippen LogP contribution < -0.4 is 30.1 Å². The van der Waals surface area contributed by atoms with Gasteiger partial charge in [-0.15, -0.1) is 11.3 Å². The number of thiazole rings is 1. The molecule has 2 aliphatic carbocycles. The number of aromatic nitrogens is 2. The Morgan fingerprint density at radius 1 is 1.02 bits per heavy atom. The average Bonchev–Trinajstić information content (AvgIpc) is 3.91. The summed E-state index contributed by atoms with van der Waals surface area (Å²) in [6.07, 6.45) is 10.3. The lowest BCUT2D eigenvalue weighted by atomic mass is 10.0. The van der Waals surface area contributed by atoms with Gasteiger partial charge in [-0.3, -0.25) is 14.3 Å². The van der Waals surface area contributed by atoms with Crippen LogP contribution in [0.4, 0.5) is 5.13 Å². The minimum Gasteiger partial charge on any atom is -0.497 e. The minimum atomic E-state index is -3.86. The quantitative estimate of drug-likeness (QED) is 0.227. The molecule has 4 atom stereocenters. The van der Waals surface area contributed by atoms with Crippen molar-refractivity contribution >= 4 is 49.2 Å². The Morgan fingerprint density at radius 2 is 1.78 bits per heavy atom. The van der Waals surface area contributed by atoms with Crippen molar-refractivity contribution in [3.05, 3.63) is 29.6 Å². The minimum absolute atomic E-state index is 0.0917. The van der Waals surface area contributed by atoms with E-state index < -0.39 is 32.3 Å². The van der Waals surface area contributed by atoms with Crippen molar-refractivity contribution in [1.29, 1.82) is 0 Å². The van der Waals surface area contributed by atoms with Crippen LogP contribution in [0, 0.1) is 5.92 Å². The van der Waals surface area contributed by atoms with Crippen molar-refractivity contribution in [2.45, 2.75) is 126 Å². The molecule has 7 rings (SSSR count). The predicted molar refractivity (Wildman–Crippen MR) is 199 cm³/mol. The molecular weight excluding hydrogens is 689 g/mol. The standard InChI is InChI=1S/C37H50N6O6S2/c1-23(2)39-35-41-31(22-50-35)29-19-32(27-13-12-25(48-3)17-28(27)40-29)49-26-18-30(38-21-26)33(44)42-37-20-24(37)11-9-7-5-4-6-8-10-14-36(15-16-36)51(46,47)43-34(37)45/h12-13,17,19,22-24,26,30,38H,4-11,14-16,18,20-21H2,1-3H3,(H,39,41)(H,42,44)(H,43,45)/t24-,26-,30+,37-/m1/s1. The summed E-state index contributed by atoms with van der Waals surface area (Å²) in [5.41, 5.74) is 0.874. The first-order chi connectivity index (χ1) is 24.5. The van der Waals surface area contributed by atoms with Gasteiger partial charge in [-0.2, -0.15) is 0 Å². The summed E-state index contributed by atoms with van der Waals surface area (Å²) >= 11 is 1.51. The lowest BCUT2D eigenvalue weighted by Gasteiger charge is -2.24. The first kappa shape index (κ1) is 35.9. The van der Waals surface area contributed by atoms with E-state index in [4.69, 9.17) is 19.4 Å². The topological polar surface area (TPSA) is 161 Å². The molecule has 0 bridgehead atoms. The Bertz CT molecular complexity index is 1880. The lowest BCUT2D eigenvalue weighted by Crippen LogP contribution is -2.56. The number of benzene rings is 1. The van der Waals surface area contributed by atoms with E-state index in [1.165, 1.54) is 11.3 Å². The zero-order chi connectivity index (χ0) is 35.8. The first-order valence-electron chi connectivity index (χ1n) is 18.5. The molecule has 2 amide bonds. The number of amides is 2. The third kappa shape index (κ3) is 7.68. The maximum absolute atomic E-state index is 13.8. The van der Waals surface area contributed by atoms with Crippen molar-refractivity contribution in [1.82, 2.24) is 25.3 Å². The lowest BCUT2D eigenvalue weighted by molar-refractivity contribution is -0.130. The number of anilines is 1. The largest absolute Gasteiger partial charge is 0.497 e. The van der Waals surface area contributed by atoms with E-state index in [-0.39, 0.29) is 24.0 Å². The number of carbonyl (C=O) groups is 2. The van der Waals surface area contributed by atoms with Crippen molar-refractivity contribution in [3.8, 4) is 22.9 Å². The van der Waals surface area contributed by atoms with Gasteiger partial charge in [-0.05, 0) is 64.0 Å². The highest BCUT2D eigenvalue weighted by Gasteiger charge is 2.63. The summed E-state index contributed by atoms with van der Waals surface area (Å²) in [5, 5.41) is 13.2. The van der Waals surface area contributed by atoms with E-state index in [1.54, 1.807) is 7.11 Å². The first-order valence-corrected chi connectivity index (χ1v) is 20.9.